The second kappa shape index (κ2) is 6.85. The van der Waals surface area contributed by atoms with Crippen molar-refractivity contribution in [3.8, 4) is 0 Å². The Balaban J connectivity index is 1.69. The van der Waals surface area contributed by atoms with E-state index in [1.165, 1.54) is 37.7 Å². The maximum atomic E-state index is 6.07. The molecule has 2 aromatic rings. The summed E-state index contributed by atoms with van der Waals surface area (Å²) in [4.78, 5) is 4.86. The van der Waals surface area contributed by atoms with Crippen LogP contribution in [0.1, 0.15) is 68.1 Å². The van der Waals surface area contributed by atoms with Crippen LogP contribution in [0.2, 0.25) is 5.02 Å². The van der Waals surface area contributed by atoms with Gasteiger partial charge in [-0.15, -0.1) is 0 Å². The van der Waals surface area contributed by atoms with E-state index in [0.29, 0.717) is 19.1 Å². The SMILES string of the molecule is Clc1ccc(C2(c3nc(C4CCCCC4)no3)CCOCC2)cc1. The van der Waals surface area contributed by atoms with Crippen LogP contribution >= 0.6 is 11.6 Å². The highest BCUT2D eigenvalue weighted by Crippen LogP contribution is 2.41. The predicted octanol–water partition coefficient (Wildman–Crippen LogP) is 4.87. The van der Waals surface area contributed by atoms with Gasteiger partial charge in [-0.05, 0) is 43.4 Å². The zero-order valence-electron chi connectivity index (χ0n) is 13.8. The average molecular weight is 347 g/mol. The molecule has 5 heteroatoms. The maximum Gasteiger partial charge on any atom is 0.237 e. The Labute approximate surface area is 147 Å². The van der Waals surface area contributed by atoms with E-state index in [1.54, 1.807) is 0 Å². The van der Waals surface area contributed by atoms with E-state index in [9.17, 15) is 0 Å². The zero-order valence-corrected chi connectivity index (χ0v) is 14.6. The van der Waals surface area contributed by atoms with Crippen LogP contribution in [0.25, 0.3) is 0 Å². The number of halogens is 1. The van der Waals surface area contributed by atoms with Crippen molar-refractivity contribution >= 4 is 11.6 Å². The number of rotatable bonds is 3. The molecular weight excluding hydrogens is 324 g/mol. The zero-order chi connectivity index (χ0) is 16.4. The summed E-state index contributed by atoms with van der Waals surface area (Å²) in [5.41, 5.74) is 0.942. The number of benzene rings is 1. The van der Waals surface area contributed by atoms with E-state index in [4.69, 9.17) is 25.8 Å². The van der Waals surface area contributed by atoms with Gasteiger partial charge in [0, 0.05) is 24.2 Å². The molecule has 0 amide bonds. The minimum absolute atomic E-state index is 0.247. The molecule has 2 heterocycles. The topological polar surface area (TPSA) is 48.2 Å². The van der Waals surface area contributed by atoms with Crippen LogP contribution in [-0.2, 0) is 10.2 Å². The monoisotopic (exact) mass is 346 g/mol. The van der Waals surface area contributed by atoms with Crippen molar-refractivity contribution in [3.05, 3.63) is 46.6 Å². The largest absolute Gasteiger partial charge is 0.381 e. The lowest BCUT2D eigenvalue weighted by atomic mass is 9.74. The minimum Gasteiger partial charge on any atom is -0.381 e. The van der Waals surface area contributed by atoms with Gasteiger partial charge in [0.15, 0.2) is 5.82 Å². The standard InChI is InChI=1S/C19H23ClN2O2/c20-16-8-6-15(7-9-16)19(10-12-23-13-11-19)18-21-17(22-24-18)14-4-2-1-3-5-14/h6-9,14H,1-5,10-13H2. The third-order valence-electron chi connectivity index (χ3n) is 5.56. The van der Waals surface area contributed by atoms with E-state index < -0.39 is 0 Å². The van der Waals surface area contributed by atoms with E-state index in [1.807, 2.05) is 12.1 Å². The molecule has 2 aliphatic rings. The number of hydrogen-bond acceptors (Lipinski definition) is 4. The van der Waals surface area contributed by atoms with Crippen molar-refractivity contribution in [1.29, 1.82) is 0 Å². The summed E-state index contributed by atoms with van der Waals surface area (Å²) < 4.78 is 11.4. The summed E-state index contributed by atoms with van der Waals surface area (Å²) >= 11 is 6.07. The molecule has 0 unspecified atom stereocenters. The first-order valence-corrected chi connectivity index (χ1v) is 9.34. The molecule has 0 radical (unpaired) electrons. The molecule has 0 bridgehead atoms. The van der Waals surface area contributed by atoms with Crippen molar-refractivity contribution in [2.75, 3.05) is 13.2 Å². The van der Waals surface area contributed by atoms with Crippen molar-refractivity contribution in [1.82, 2.24) is 10.1 Å². The number of aromatic nitrogens is 2. The summed E-state index contributed by atoms with van der Waals surface area (Å²) in [6.07, 6.45) is 7.94. The van der Waals surface area contributed by atoms with Gasteiger partial charge < -0.3 is 9.26 Å². The Morgan fingerprint density at radius 2 is 1.71 bits per heavy atom. The van der Waals surface area contributed by atoms with Crippen LogP contribution < -0.4 is 0 Å². The Morgan fingerprint density at radius 1 is 1.00 bits per heavy atom. The fourth-order valence-electron chi connectivity index (χ4n) is 4.07. The molecule has 0 spiro atoms. The third-order valence-corrected chi connectivity index (χ3v) is 5.82. The van der Waals surface area contributed by atoms with E-state index in [0.717, 1.165) is 29.6 Å². The molecule has 128 valence electrons. The molecule has 1 aromatic carbocycles. The van der Waals surface area contributed by atoms with Crippen molar-refractivity contribution in [2.24, 2.45) is 0 Å². The number of nitrogens with zero attached hydrogens (tertiary/aromatic N) is 2. The van der Waals surface area contributed by atoms with Crippen LogP contribution in [0, 0.1) is 0 Å². The Morgan fingerprint density at radius 3 is 2.42 bits per heavy atom. The highest BCUT2D eigenvalue weighted by atomic mass is 35.5. The molecule has 1 aliphatic carbocycles. The van der Waals surface area contributed by atoms with Crippen LogP contribution in [-0.4, -0.2) is 23.4 Å². The van der Waals surface area contributed by atoms with E-state index >= 15 is 0 Å². The molecule has 1 saturated carbocycles. The summed E-state index contributed by atoms with van der Waals surface area (Å²) in [5.74, 6) is 2.09. The minimum atomic E-state index is -0.247. The first-order chi connectivity index (χ1) is 11.8. The molecule has 4 nitrogen and oxygen atoms in total. The van der Waals surface area contributed by atoms with Gasteiger partial charge in [-0.3, -0.25) is 0 Å². The average Bonchev–Trinajstić information content (AvgIpc) is 3.14. The molecule has 0 N–H and O–H groups in total. The van der Waals surface area contributed by atoms with E-state index in [2.05, 4.69) is 17.3 Å². The summed E-state index contributed by atoms with van der Waals surface area (Å²) in [7, 11) is 0. The molecule has 0 atom stereocenters. The van der Waals surface area contributed by atoms with Gasteiger partial charge in [0.1, 0.15) is 0 Å². The van der Waals surface area contributed by atoms with Crippen molar-refractivity contribution in [3.63, 3.8) is 0 Å². The predicted molar refractivity (Wildman–Crippen MR) is 92.4 cm³/mol. The third kappa shape index (κ3) is 2.98. The summed E-state index contributed by atoms with van der Waals surface area (Å²) in [6.45, 7) is 1.42. The van der Waals surface area contributed by atoms with Crippen LogP contribution in [0.5, 0.6) is 0 Å². The van der Waals surface area contributed by atoms with Crippen molar-refractivity contribution < 1.29 is 9.26 Å². The second-order valence-electron chi connectivity index (χ2n) is 6.99. The van der Waals surface area contributed by atoms with Gasteiger partial charge in [-0.1, -0.05) is 48.2 Å². The fourth-order valence-corrected chi connectivity index (χ4v) is 4.20. The van der Waals surface area contributed by atoms with Gasteiger partial charge >= 0.3 is 0 Å². The Kier molecular flexibility index (Phi) is 4.59. The molecule has 24 heavy (non-hydrogen) atoms. The second-order valence-corrected chi connectivity index (χ2v) is 7.43. The lowest BCUT2D eigenvalue weighted by Gasteiger charge is -2.34. The smallest absolute Gasteiger partial charge is 0.237 e. The quantitative estimate of drug-likeness (QED) is 0.795. The van der Waals surface area contributed by atoms with Gasteiger partial charge in [0.25, 0.3) is 0 Å². The maximum absolute atomic E-state index is 6.07. The lowest BCUT2D eigenvalue weighted by molar-refractivity contribution is 0.0523. The molecule has 1 aromatic heterocycles. The number of ether oxygens (including phenoxy) is 1. The van der Waals surface area contributed by atoms with Crippen LogP contribution in [0.15, 0.2) is 28.8 Å². The van der Waals surface area contributed by atoms with E-state index in [-0.39, 0.29) is 5.41 Å². The Bertz CT molecular complexity index is 671. The van der Waals surface area contributed by atoms with Gasteiger partial charge in [-0.2, -0.15) is 4.98 Å². The van der Waals surface area contributed by atoms with Gasteiger partial charge in [-0.25, -0.2) is 0 Å². The van der Waals surface area contributed by atoms with Gasteiger partial charge in [0.05, 0.1) is 5.41 Å². The van der Waals surface area contributed by atoms with Crippen LogP contribution in [0.4, 0.5) is 0 Å². The van der Waals surface area contributed by atoms with Gasteiger partial charge in [0.2, 0.25) is 5.89 Å². The van der Waals surface area contributed by atoms with Crippen LogP contribution in [0.3, 0.4) is 0 Å². The molecule has 1 saturated heterocycles. The first-order valence-electron chi connectivity index (χ1n) is 8.96. The van der Waals surface area contributed by atoms with Crippen molar-refractivity contribution in [2.45, 2.75) is 56.3 Å². The molecule has 1 aliphatic heterocycles. The normalized spacial score (nSPS) is 21.7. The summed E-state index contributed by atoms with van der Waals surface area (Å²) in [5, 5.41) is 5.09. The molecule has 2 fully saturated rings. The highest BCUT2D eigenvalue weighted by Gasteiger charge is 2.42. The Hall–Kier alpha value is -1.39. The molecular formula is C19H23ClN2O2. The fraction of sp³-hybridized carbons (Fsp3) is 0.579. The highest BCUT2D eigenvalue weighted by molar-refractivity contribution is 6.30. The first kappa shape index (κ1) is 16.1. The lowest BCUT2D eigenvalue weighted by Crippen LogP contribution is -2.35. The number of hydrogen-bond donors (Lipinski definition) is 0. The summed E-state index contributed by atoms with van der Waals surface area (Å²) in [6, 6.07) is 8.04. The molecule has 4 rings (SSSR count).